The summed E-state index contributed by atoms with van der Waals surface area (Å²) in [6.45, 7) is 0. The molecule has 0 N–H and O–H groups in total. The molecule has 0 aliphatic carbocycles. The van der Waals surface area contributed by atoms with E-state index in [0.717, 1.165) is 16.8 Å². The molecule has 0 aliphatic rings. The summed E-state index contributed by atoms with van der Waals surface area (Å²) in [7, 11) is 1.86. The average Bonchev–Trinajstić information content (AvgIpc) is 3.17. The minimum Gasteiger partial charge on any atom is -0.334 e. The minimum atomic E-state index is -0.134. The van der Waals surface area contributed by atoms with Gasteiger partial charge in [0, 0.05) is 13.2 Å². The van der Waals surface area contributed by atoms with Gasteiger partial charge in [-0.25, -0.2) is 0 Å². The molecule has 0 unspecified atom stereocenters. The Morgan fingerprint density at radius 2 is 1.54 bits per heavy atom. The van der Waals surface area contributed by atoms with E-state index in [-0.39, 0.29) is 11.9 Å². The lowest BCUT2D eigenvalue weighted by molar-refractivity contribution is -0.128. The first-order chi connectivity index (χ1) is 13.7. The van der Waals surface area contributed by atoms with Crippen molar-refractivity contribution in [2.75, 3.05) is 12.8 Å². The van der Waals surface area contributed by atoms with Gasteiger partial charge in [-0.1, -0.05) is 78.5 Å². The molecule has 0 spiro atoms. The summed E-state index contributed by atoms with van der Waals surface area (Å²) >= 11 is 1.40. The molecule has 4 aromatic rings. The lowest BCUT2D eigenvalue weighted by Gasteiger charge is -2.29. The second-order valence-electron chi connectivity index (χ2n) is 6.43. The number of carbonyl (C=O) groups excluding carboxylic acids is 1. The van der Waals surface area contributed by atoms with Crippen LogP contribution in [0.1, 0.15) is 17.2 Å². The van der Waals surface area contributed by atoms with Gasteiger partial charge >= 0.3 is 0 Å². The molecule has 140 valence electrons. The molecule has 0 saturated heterocycles. The average molecular weight is 388 g/mol. The number of carbonyl (C=O) groups is 1. The third-order valence-electron chi connectivity index (χ3n) is 4.62. The van der Waals surface area contributed by atoms with Crippen LogP contribution in [-0.4, -0.2) is 38.2 Å². The Hall–Kier alpha value is -3.12. The molecule has 2 aromatic carbocycles. The second kappa shape index (κ2) is 8.27. The van der Waals surface area contributed by atoms with Crippen molar-refractivity contribution in [2.24, 2.45) is 0 Å². The SMILES string of the molecule is CN(C(=O)CSc1nnc2ccccn12)C(c1ccccc1)c1ccccc1. The van der Waals surface area contributed by atoms with E-state index in [1.807, 2.05) is 72.2 Å². The molecule has 2 aromatic heterocycles. The number of fused-ring (bicyclic) bond motifs is 1. The fraction of sp³-hybridized carbons (Fsp3) is 0.136. The molecule has 0 saturated carbocycles. The molecule has 5 nitrogen and oxygen atoms in total. The largest absolute Gasteiger partial charge is 0.334 e. The molecule has 0 aliphatic heterocycles. The maximum absolute atomic E-state index is 13.0. The third kappa shape index (κ3) is 3.77. The molecule has 4 rings (SSSR count). The van der Waals surface area contributed by atoms with Crippen LogP contribution in [0, 0.1) is 0 Å². The van der Waals surface area contributed by atoms with Crippen LogP contribution >= 0.6 is 11.8 Å². The first-order valence-electron chi connectivity index (χ1n) is 9.02. The fourth-order valence-corrected chi connectivity index (χ4v) is 4.05. The van der Waals surface area contributed by atoms with Crippen molar-refractivity contribution in [3.8, 4) is 0 Å². The van der Waals surface area contributed by atoms with E-state index in [0.29, 0.717) is 10.9 Å². The Morgan fingerprint density at radius 1 is 0.929 bits per heavy atom. The van der Waals surface area contributed by atoms with Crippen molar-refractivity contribution in [2.45, 2.75) is 11.2 Å². The predicted octanol–water partition coefficient (Wildman–Crippen LogP) is 4.07. The number of amides is 1. The number of thioether (sulfide) groups is 1. The number of benzene rings is 2. The summed E-state index contributed by atoms with van der Waals surface area (Å²) in [5.41, 5.74) is 2.95. The summed E-state index contributed by atoms with van der Waals surface area (Å²) in [6, 6.07) is 25.8. The topological polar surface area (TPSA) is 50.5 Å². The molecular formula is C22H20N4OS. The number of nitrogens with zero attached hydrogens (tertiary/aromatic N) is 4. The summed E-state index contributed by atoms with van der Waals surface area (Å²) in [6.07, 6.45) is 1.91. The van der Waals surface area contributed by atoms with E-state index in [1.54, 1.807) is 4.90 Å². The summed E-state index contributed by atoms with van der Waals surface area (Å²) in [5, 5.41) is 9.05. The predicted molar refractivity (Wildman–Crippen MR) is 111 cm³/mol. The van der Waals surface area contributed by atoms with Crippen LogP contribution in [0.25, 0.3) is 5.65 Å². The van der Waals surface area contributed by atoms with Crippen molar-refractivity contribution < 1.29 is 4.79 Å². The summed E-state index contributed by atoms with van der Waals surface area (Å²) < 4.78 is 1.89. The normalized spacial score (nSPS) is 11.1. The molecule has 2 heterocycles. The highest BCUT2D eigenvalue weighted by Crippen LogP contribution is 2.28. The zero-order chi connectivity index (χ0) is 19.3. The van der Waals surface area contributed by atoms with Gasteiger partial charge < -0.3 is 4.90 Å². The lowest BCUT2D eigenvalue weighted by atomic mass is 9.97. The molecular weight excluding hydrogens is 368 g/mol. The smallest absolute Gasteiger partial charge is 0.233 e. The molecule has 0 fully saturated rings. The fourth-order valence-electron chi connectivity index (χ4n) is 3.20. The van der Waals surface area contributed by atoms with Crippen LogP contribution in [0.4, 0.5) is 0 Å². The number of rotatable bonds is 6. The van der Waals surface area contributed by atoms with Crippen molar-refractivity contribution in [3.63, 3.8) is 0 Å². The van der Waals surface area contributed by atoms with E-state index < -0.39 is 0 Å². The maximum atomic E-state index is 13.0. The van der Waals surface area contributed by atoms with E-state index in [4.69, 9.17) is 0 Å². The number of aromatic nitrogens is 3. The summed E-state index contributed by atoms with van der Waals surface area (Å²) in [4.78, 5) is 14.8. The van der Waals surface area contributed by atoms with Crippen molar-refractivity contribution in [1.29, 1.82) is 0 Å². The van der Waals surface area contributed by atoms with Gasteiger partial charge in [-0.15, -0.1) is 10.2 Å². The lowest BCUT2D eigenvalue weighted by Crippen LogP contribution is -2.33. The molecule has 1 amide bonds. The Kier molecular flexibility index (Phi) is 5.39. The molecule has 0 bridgehead atoms. The van der Waals surface area contributed by atoms with Gasteiger partial charge in [0.05, 0.1) is 11.8 Å². The van der Waals surface area contributed by atoms with Crippen LogP contribution in [0.15, 0.2) is 90.2 Å². The number of hydrogen-bond donors (Lipinski definition) is 0. The van der Waals surface area contributed by atoms with Crippen LogP contribution in [0.3, 0.4) is 0 Å². The molecule has 28 heavy (non-hydrogen) atoms. The standard InChI is InChI=1S/C22H20N4OS/c1-25(20(27)16-28-22-24-23-19-14-8-9-15-26(19)22)21(17-10-4-2-5-11-17)18-12-6-3-7-13-18/h2-15,21H,16H2,1H3. The zero-order valence-corrected chi connectivity index (χ0v) is 16.3. The van der Waals surface area contributed by atoms with Crippen LogP contribution in [0.2, 0.25) is 0 Å². The Labute approximate surface area is 168 Å². The van der Waals surface area contributed by atoms with E-state index >= 15 is 0 Å². The number of hydrogen-bond acceptors (Lipinski definition) is 4. The van der Waals surface area contributed by atoms with E-state index in [2.05, 4.69) is 34.5 Å². The molecule has 0 atom stereocenters. The van der Waals surface area contributed by atoms with Crippen LogP contribution in [0.5, 0.6) is 0 Å². The first-order valence-corrected chi connectivity index (χ1v) is 10.0. The van der Waals surface area contributed by atoms with Gasteiger partial charge in [0.15, 0.2) is 10.8 Å². The summed E-state index contributed by atoms with van der Waals surface area (Å²) in [5.74, 6) is 0.331. The molecule has 6 heteroatoms. The highest BCUT2D eigenvalue weighted by Gasteiger charge is 2.23. The second-order valence-corrected chi connectivity index (χ2v) is 7.37. The van der Waals surface area contributed by atoms with Gasteiger partial charge in [-0.2, -0.15) is 0 Å². The molecule has 0 radical (unpaired) electrons. The van der Waals surface area contributed by atoms with E-state index in [1.165, 1.54) is 11.8 Å². The van der Waals surface area contributed by atoms with Crippen molar-refractivity contribution in [3.05, 3.63) is 96.2 Å². The van der Waals surface area contributed by atoms with Gasteiger partial charge in [-0.3, -0.25) is 9.20 Å². The van der Waals surface area contributed by atoms with Crippen LogP contribution < -0.4 is 0 Å². The van der Waals surface area contributed by atoms with Gasteiger partial charge in [0.1, 0.15) is 0 Å². The Morgan fingerprint density at radius 3 is 2.18 bits per heavy atom. The van der Waals surface area contributed by atoms with E-state index in [9.17, 15) is 4.79 Å². The Bertz CT molecular complexity index is 1030. The first kappa shape index (κ1) is 18.3. The zero-order valence-electron chi connectivity index (χ0n) is 15.5. The quantitative estimate of drug-likeness (QED) is 0.467. The Balaban J connectivity index is 1.55. The van der Waals surface area contributed by atoms with Gasteiger partial charge in [-0.05, 0) is 23.3 Å². The van der Waals surface area contributed by atoms with Crippen molar-refractivity contribution in [1.82, 2.24) is 19.5 Å². The number of pyridine rings is 1. The minimum absolute atomic E-state index is 0.0374. The highest BCUT2D eigenvalue weighted by atomic mass is 32.2. The highest BCUT2D eigenvalue weighted by molar-refractivity contribution is 7.99. The monoisotopic (exact) mass is 388 g/mol. The third-order valence-corrected chi connectivity index (χ3v) is 5.55. The van der Waals surface area contributed by atoms with Gasteiger partial charge in [0.2, 0.25) is 5.91 Å². The maximum Gasteiger partial charge on any atom is 0.233 e. The van der Waals surface area contributed by atoms with Gasteiger partial charge in [0.25, 0.3) is 0 Å². The van der Waals surface area contributed by atoms with Crippen LogP contribution in [-0.2, 0) is 4.79 Å². The van der Waals surface area contributed by atoms with Crippen molar-refractivity contribution >= 4 is 23.3 Å².